The van der Waals surface area contributed by atoms with Gasteiger partial charge in [-0.2, -0.15) is 0 Å². The highest BCUT2D eigenvalue weighted by Crippen LogP contribution is 2.17. The lowest BCUT2D eigenvalue weighted by molar-refractivity contribution is -0.124. The fourth-order valence-corrected chi connectivity index (χ4v) is 2.77. The third-order valence-electron chi connectivity index (χ3n) is 4.16. The highest BCUT2D eigenvalue weighted by molar-refractivity contribution is 5.85. The van der Waals surface area contributed by atoms with Gasteiger partial charge >= 0.3 is 0 Å². The summed E-state index contributed by atoms with van der Waals surface area (Å²) >= 11 is 0. The molecular formula is C17H30Cl2N4O. The van der Waals surface area contributed by atoms with Crippen LogP contribution in [0.25, 0.3) is 0 Å². The summed E-state index contributed by atoms with van der Waals surface area (Å²) in [6.07, 6.45) is 7.03. The fraction of sp³-hybridized carbons (Fsp3) is 0.647. The summed E-state index contributed by atoms with van der Waals surface area (Å²) in [5.41, 5.74) is 1.04. The van der Waals surface area contributed by atoms with Crippen LogP contribution in [0.4, 0.5) is 5.82 Å². The van der Waals surface area contributed by atoms with Gasteiger partial charge in [0, 0.05) is 38.3 Å². The summed E-state index contributed by atoms with van der Waals surface area (Å²) in [6.45, 7) is 5.36. The Kier molecular flexibility index (Phi) is 11.8. The lowest BCUT2D eigenvalue weighted by atomic mass is 10.1. The van der Waals surface area contributed by atoms with Crippen molar-refractivity contribution in [3.63, 3.8) is 0 Å². The van der Waals surface area contributed by atoms with Gasteiger partial charge < -0.3 is 15.5 Å². The molecule has 7 heteroatoms. The van der Waals surface area contributed by atoms with Gasteiger partial charge in [0.25, 0.3) is 0 Å². The number of nitrogens with one attached hydrogen (secondary N) is 2. The third kappa shape index (κ3) is 7.24. The molecule has 1 amide bonds. The second kappa shape index (κ2) is 12.3. The molecule has 1 fully saturated rings. The smallest absolute Gasteiger partial charge is 0.224 e. The van der Waals surface area contributed by atoms with E-state index in [2.05, 4.69) is 32.7 Å². The van der Waals surface area contributed by atoms with Gasteiger partial charge in [0.2, 0.25) is 5.91 Å². The first-order valence-electron chi connectivity index (χ1n) is 8.33. The monoisotopic (exact) mass is 376 g/mol. The molecule has 138 valence electrons. The van der Waals surface area contributed by atoms with Gasteiger partial charge in [-0.15, -0.1) is 24.8 Å². The molecule has 0 saturated carbocycles. The maximum absolute atomic E-state index is 11.9. The van der Waals surface area contributed by atoms with Crippen molar-refractivity contribution in [2.24, 2.45) is 5.92 Å². The van der Waals surface area contributed by atoms with Gasteiger partial charge in [0.1, 0.15) is 5.82 Å². The lowest BCUT2D eigenvalue weighted by Crippen LogP contribution is -2.33. The zero-order chi connectivity index (χ0) is 15.8. The van der Waals surface area contributed by atoms with Crippen molar-refractivity contribution in [1.29, 1.82) is 0 Å². The predicted octanol–water partition coefficient (Wildman–Crippen LogP) is 2.78. The third-order valence-corrected chi connectivity index (χ3v) is 4.16. The SMILES string of the molecule is CNCC(C)C(=O)NCc1ccc(N2CCCCCC2)nc1.Cl.Cl. The zero-order valence-electron chi connectivity index (χ0n) is 14.6. The molecule has 0 spiro atoms. The summed E-state index contributed by atoms with van der Waals surface area (Å²) in [4.78, 5) is 18.8. The van der Waals surface area contributed by atoms with Crippen LogP contribution in [0.15, 0.2) is 18.3 Å². The van der Waals surface area contributed by atoms with E-state index < -0.39 is 0 Å². The van der Waals surface area contributed by atoms with Gasteiger partial charge in [-0.1, -0.05) is 25.8 Å². The van der Waals surface area contributed by atoms with E-state index in [1.165, 1.54) is 25.7 Å². The Morgan fingerprint density at radius 1 is 1.21 bits per heavy atom. The van der Waals surface area contributed by atoms with E-state index >= 15 is 0 Å². The zero-order valence-corrected chi connectivity index (χ0v) is 16.2. The fourth-order valence-electron chi connectivity index (χ4n) is 2.77. The van der Waals surface area contributed by atoms with Gasteiger partial charge in [0.15, 0.2) is 0 Å². The second-order valence-electron chi connectivity index (χ2n) is 6.10. The Balaban J connectivity index is 0.00000264. The normalized spacial score (nSPS) is 15.5. The Morgan fingerprint density at radius 2 is 1.88 bits per heavy atom. The van der Waals surface area contributed by atoms with Gasteiger partial charge in [-0.3, -0.25) is 4.79 Å². The average molecular weight is 377 g/mol. The average Bonchev–Trinajstić information content (AvgIpc) is 2.82. The largest absolute Gasteiger partial charge is 0.357 e. The Labute approximate surface area is 157 Å². The number of hydrogen-bond donors (Lipinski definition) is 2. The van der Waals surface area contributed by atoms with E-state index in [4.69, 9.17) is 0 Å². The quantitative estimate of drug-likeness (QED) is 0.801. The number of nitrogens with zero attached hydrogens (tertiary/aromatic N) is 2. The van der Waals surface area contributed by atoms with Crippen LogP contribution in [0.5, 0.6) is 0 Å². The Hall–Kier alpha value is -1.04. The molecule has 0 aromatic carbocycles. The Bertz CT molecular complexity index is 462. The van der Waals surface area contributed by atoms with Crippen molar-refractivity contribution in [2.45, 2.75) is 39.2 Å². The summed E-state index contributed by atoms with van der Waals surface area (Å²) in [5, 5.41) is 5.98. The number of amides is 1. The number of aromatic nitrogens is 1. The molecule has 2 N–H and O–H groups in total. The number of pyridine rings is 1. The second-order valence-corrected chi connectivity index (χ2v) is 6.10. The molecule has 1 aromatic heterocycles. The standard InChI is InChI=1S/C17H28N4O.2ClH/c1-14(11-18-2)17(22)20-13-15-7-8-16(19-12-15)21-9-5-3-4-6-10-21;;/h7-8,12,14,18H,3-6,9-11,13H2,1-2H3,(H,20,22);2*1H. The van der Waals surface area contributed by atoms with E-state index in [1.54, 1.807) is 0 Å². The van der Waals surface area contributed by atoms with Crippen LogP contribution in [-0.4, -0.2) is 37.6 Å². The molecule has 0 aliphatic carbocycles. The van der Waals surface area contributed by atoms with E-state index in [9.17, 15) is 4.79 Å². The first-order valence-corrected chi connectivity index (χ1v) is 8.33. The van der Waals surface area contributed by atoms with E-state index in [0.717, 1.165) is 24.5 Å². The molecule has 1 unspecified atom stereocenters. The van der Waals surface area contributed by atoms with E-state index in [1.807, 2.05) is 20.2 Å². The number of hydrogen-bond acceptors (Lipinski definition) is 4. The first-order chi connectivity index (χ1) is 10.7. The predicted molar refractivity (Wildman–Crippen MR) is 104 cm³/mol. The summed E-state index contributed by atoms with van der Waals surface area (Å²) in [6, 6.07) is 4.14. The molecule has 1 aromatic rings. The van der Waals surface area contributed by atoms with Crippen molar-refractivity contribution in [3.05, 3.63) is 23.9 Å². The van der Waals surface area contributed by atoms with Crippen LogP contribution in [0.1, 0.15) is 38.2 Å². The van der Waals surface area contributed by atoms with Gasteiger partial charge in [-0.25, -0.2) is 4.98 Å². The highest BCUT2D eigenvalue weighted by atomic mass is 35.5. The van der Waals surface area contributed by atoms with Gasteiger partial charge in [0.05, 0.1) is 0 Å². The topological polar surface area (TPSA) is 57.3 Å². The molecule has 1 saturated heterocycles. The van der Waals surface area contributed by atoms with Crippen molar-refractivity contribution in [2.75, 3.05) is 31.6 Å². The van der Waals surface area contributed by atoms with Gasteiger partial charge in [-0.05, 0) is 31.5 Å². The highest BCUT2D eigenvalue weighted by Gasteiger charge is 2.12. The van der Waals surface area contributed by atoms with Crippen molar-refractivity contribution < 1.29 is 4.79 Å². The minimum atomic E-state index is -0.0191. The number of rotatable bonds is 6. The van der Waals surface area contributed by atoms with Crippen LogP contribution >= 0.6 is 24.8 Å². The van der Waals surface area contributed by atoms with Crippen LogP contribution in [-0.2, 0) is 11.3 Å². The molecule has 5 nitrogen and oxygen atoms in total. The number of carbonyl (C=O) groups is 1. The molecule has 24 heavy (non-hydrogen) atoms. The molecule has 0 radical (unpaired) electrons. The van der Waals surface area contributed by atoms with Crippen molar-refractivity contribution in [3.8, 4) is 0 Å². The molecular weight excluding hydrogens is 347 g/mol. The maximum atomic E-state index is 11.9. The summed E-state index contributed by atoms with van der Waals surface area (Å²) < 4.78 is 0. The lowest BCUT2D eigenvalue weighted by Gasteiger charge is -2.21. The molecule has 1 atom stereocenters. The van der Waals surface area contributed by atoms with Crippen LogP contribution in [0.3, 0.4) is 0 Å². The number of carbonyl (C=O) groups excluding carboxylic acids is 1. The Morgan fingerprint density at radius 3 is 2.42 bits per heavy atom. The first kappa shape index (κ1) is 23.0. The van der Waals surface area contributed by atoms with Crippen LogP contribution in [0, 0.1) is 5.92 Å². The number of anilines is 1. The van der Waals surface area contributed by atoms with E-state index in [-0.39, 0.29) is 36.6 Å². The van der Waals surface area contributed by atoms with Crippen molar-refractivity contribution in [1.82, 2.24) is 15.6 Å². The van der Waals surface area contributed by atoms with Crippen LogP contribution < -0.4 is 15.5 Å². The molecule has 0 bridgehead atoms. The molecule has 2 rings (SSSR count). The maximum Gasteiger partial charge on any atom is 0.224 e. The summed E-state index contributed by atoms with van der Waals surface area (Å²) in [7, 11) is 1.86. The van der Waals surface area contributed by atoms with Crippen LogP contribution in [0.2, 0.25) is 0 Å². The van der Waals surface area contributed by atoms with Crippen molar-refractivity contribution >= 4 is 36.5 Å². The molecule has 1 aliphatic heterocycles. The molecule has 2 heterocycles. The van der Waals surface area contributed by atoms with E-state index in [0.29, 0.717) is 13.1 Å². The minimum Gasteiger partial charge on any atom is -0.357 e. The number of halogens is 2. The molecule has 1 aliphatic rings. The minimum absolute atomic E-state index is 0. The summed E-state index contributed by atoms with van der Waals surface area (Å²) in [5.74, 6) is 1.11.